The Morgan fingerprint density at radius 3 is 3.00 bits per heavy atom. The summed E-state index contributed by atoms with van der Waals surface area (Å²) in [6.45, 7) is 4.43. The molecule has 0 saturated carbocycles. The van der Waals surface area contributed by atoms with Gasteiger partial charge in [0, 0.05) is 24.1 Å². The highest BCUT2D eigenvalue weighted by Gasteiger charge is 2.17. The fraction of sp³-hybridized carbons (Fsp3) is 0.455. The summed E-state index contributed by atoms with van der Waals surface area (Å²) in [5, 5.41) is 0.684. The van der Waals surface area contributed by atoms with Gasteiger partial charge in [0.15, 0.2) is 0 Å². The number of thiocarbonyl (C=S) groups is 1. The molecule has 2 N–H and O–H groups in total. The van der Waals surface area contributed by atoms with Crippen LogP contribution in [0.15, 0.2) is 18.3 Å². The van der Waals surface area contributed by atoms with Gasteiger partial charge in [-0.2, -0.15) is 11.8 Å². The van der Waals surface area contributed by atoms with Crippen LogP contribution in [0, 0.1) is 0 Å². The van der Waals surface area contributed by atoms with Gasteiger partial charge in [-0.3, -0.25) is 4.98 Å². The third-order valence-electron chi connectivity index (χ3n) is 2.61. The lowest BCUT2D eigenvalue weighted by Crippen LogP contribution is -2.36. The molecule has 1 atom stereocenters. The minimum absolute atomic E-state index is 0.356. The third kappa shape index (κ3) is 2.65. The fourth-order valence-corrected chi connectivity index (χ4v) is 2.91. The Morgan fingerprint density at radius 2 is 2.44 bits per heavy atom. The normalized spacial score (nSPS) is 20.8. The molecule has 1 fully saturated rings. The van der Waals surface area contributed by atoms with Crippen molar-refractivity contribution in [3.05, 3.63) is 24.0 Å². The lowest BCUT2D eigenvalue weighted by atomic mass is 10.3. The first-order chi connectivity index (χ1) is 7.66. The molecule has 16 heavy (non-hydrogen) atoms. The topological polar surface area (TPSA) is 42.1 Å². The Morgan fingerprint density at radius 1 is 1.62 bits per heavy atom. The van der Waals surface area contributed by atoms with E-state index in [1.54, 1.807) is 0 Å². The van der Waals surface area contributed by atoms with Crippen LogP contribution in [0.25, 0.3) is 0 Å². The van der Waals surface area contributed by atoms with Crippen LogP contribution < -0.4 is 10.6 Å². The van der Waals surface area contributed by atoms with E-state index >= 15 is 0 Å². The van der Waals surface area contributed by atoms with E-state index in [1.165, 1.54) is 5.75 Å². The predicted molar refractivity (Wildman–Crippen MR) is 74.3 cm³/mol. The van der Waals surface area contributed by atoms with E-state index in [1.807, 2.05) is 30.1 Å². The maximum Gasteiger partial charge on any atom is 0.122 e. The zero-order chi connectivity index (χ0) is 11.5. The molecule has 0 amide bonds. The highest BCUT2D eigenvalue weighted by Crippen LogP contribution is 2.23. The first-order valence-electron chi connectivity index (χ1n) is 5.29. The quantitative estimate of drug-likeness (QED) is 0.812. The Bertz CT molecular complexity index is 377. The summed E-state index contributed by atoms with van der Waals surface area (Å²) in [5.41, 5.74) is 7.37. The van der Waals surface area contributed by atoms with Gasteiger partial charge in [0.05, 0.1) is 17.6 Å². The van der Waals surface area contributed by atoms with Crippen LogP contribution >= 0.6 is 24.0 Å². The molecule has 0 spiro atoms. The smallest absolute Gasteiger partial charge is 0.122 e. The summed E-state index contributed by atoms with van der Waals surface area (Å²) >= 11 is 6.90. The van der Waals surface area contributed by atoms with Gasteiger partial charge in [-0.05, 0) is 12.1 Å². The van der Waals surface area contributed by atoms with E-state index in [9.17, 15) is 0 Å². The summed E-state index contributed by atoms with van der Waals surface area (Å²) in [7, 11) is 0. The molecule has 1 aliphatic rings. The summed E-state index contributed by atoms with van der Waals surface area (Å²) in [4.78, 5) is 6.98. The minimum Gasteiger partial charge on any atom is -0.388 e. The van der Waals surface area contributed by atoms with E-state index in [4.69, 9.17) is 18.0 Å². The van der Waals surface area contributed by atoms with E-state index in [0.29, 0.717) is 15.9 Å². The summed E-state index contributed by atoms with van der Waals surface area (Å²) < 4.78 is 0. The van der Waals surface area contributed by atoms with Crippen molar-refractivity contribution in [1.29, 1.82) is 0 Å². The van der Waals surface area contributed by atoms with Gasteiger partial charge in [-0.1, -0.05) is 19.1 Å². The number of hydrogen-bond donors (Lipinski definition) is 1. The molecule has 2 rings (SSSR count). The lowest BCUT2D eigenvalue weighted by Gasteiger charge is -2.32. The Balaban J connectivity index is 2.11. The van der Waals surface area contributed by atoms with Crippen LogP contribution in [-0.2, 0) is 0 Å². The number of rotatable bonds is 2. The lowest BCUT2D eigenvalue weighted by molar-refractivity contribution is 0.781. The molecular formula is C11H15N3S2. The van der Waals surface area contributed by atoms with E-state index in [0.717, 1.165) is 18.8 Å². The number of aromatic nitrogens is 1. The van der Waals surface area contributed by atoms with Crippen molar-refractivity contribution >= 4 is 34.7 Å². The summed E-state index contributed by atoms with van der Waals surface area (Å²) in [6, 6.07) is 3.94. The van der Waals surface area contributed by atoms with E-state index < -0.39 is 0 Å². The number of nitrogens with zero attached hydrogens (tertiary/aromatic N) is 2. The molecule has 1 aromatic heterocycles. The van der Waals surface area contributed by atoms with Crippen LogP contribution in [0.4, 0.5) is 5.69 Å². The molecule has 86 valence electrons. The predicted octanol–water partition coefficient (Wildman–Crippen LogP) is 1.66. The van der Waals surface area contributed by atoms with Gasteiger partial charge in [-0.25, -0.2) is 0 Å². The highest BCUT2D eigenvalue weighted by atomic mass is 32.2. The number of thioether (sulfide) groups is 1. The van der Waals surface area contributed by atoms with Crippen molar-refractivity contribution in [3.8, 4) is 0 Å². The maximum atomic E-state index is 5.52. The average molecular weight is 253 g/mol. The molecule has 3 nitrogen and oxygen atoms in total. The van der Waals surface area contributed by atoms with Crippen LogP contribution in [-0.4, -0.2) is 34.1 Å². The SMILES string of the molecule is CC1CN(c2ccc(C(N)=S)nc2)CCS1. The van der Waals surface area contributed by atoms with Gasteiger partial charge in [0.2, 0.25) is 0 Å². The first-order valence-corrected chi connectivity index (χ1v) is 6.75. The summed E-state index contributed by atoms with van der Waals surface area (Å²) in [6.07, 6.45) is 1.86. The largest absolute Gasteiger partial charge is 0.388 e. The monoisotopic (exact) mass is 253 g/mol. The second-order valence-corrected chi connectivity index (χ2v) is 5.88. The Kier molecular flexibility index (Phi) is 3.66. The van der Waals surface area contributed by atoms with Gasteiger partial charge < -0.3 is 10.6 Å². The molecule has 2 heterocycles. The molecule has 0 aromatic carbocycles. The van der Waals surface area contributed by atoms with Crippen LogP contribution in [0.2, 0.25) is 0 Å². The molecule has 0 aliphatic carbocycles. The number of hydrogen-bond acceptors (Lipinski definition) is 4. The second kappa shape index (κ2) is 5.01. The van der Waals surface area contributed by atoms with Crippen molar-refractivity contribution in [2.24, 2.45) is 5.73 Å². The third-order valence-corrected chi connectivity index (χ3v) is 3.95. The molecule has 1 aliphatic heterocycles. The molecule has 0 radical (unpaired) electrons. The number of nitrogens with two attached hydrogens (primary N) is 1. The van der Waals surface area contributed by atoms with Crippen LogP contribution in [0.5, 0.6) is 0 Å². The minimum atomic E-state index is 0.356. The zero-order valence-electron chi connectivity index (χ0n) is 9.22. The Hall–Kier alpha value is -0.810. The zero-order valence-corrected chi connectivity index (χ0v) is 10.9. The van der Waals surface area contributed by atoms with Crippen molar-refractivity contribution < 1.29 is 0 Å². The van der Waals surface area contributed by atoms with E-state index in [2.05, 4.69) is 16.8 Å². The number of pyridine rings is 1. The fourth-order valence-electron chi connectivity index (χ4n) is 1.77. The standard InChI is InChI=1S/C11H15N3S2/c1-8-7-14(4-5-16-8)9-2-3-10(11(12)15)13-6-9/h2-3,6,8H,4-5,7H2,1H3,(H2,12,15). The van der Waals surface area contributed by atoms with Gasteiger partial charge in [-0.15, -0.1) is 0 Å². The van der Waals surface area contributed by atoms with Crippen molar-refractivity contribution in [2.45, 2.75) is 12.2 Å². The van der Waals surface area contributed by atoms with Crippen molar-refractivity contribution in [1.82, 2.24) is 4.98 Å². The van der Waals surface area contributed by atoms with Gasteiger partial charge in [0.1, 0.15) is 4.99 Å². The molecule has 0 bridgehead atoms. The number of anilines is 1. The molecule has 1 aromatic rings. The molecule has 1 saturated heterocycles. The van der Waals surface area contributed by atoms with Crippen LogP contribution in [0.3, 0.4) is 0 Å². The molecular weight excluding hydrogens is 238 g/mol. The van der Waals surface area contributed by atoms with Crippen LogP contribution in [0.1, 0.15) is 12.6 Å². The highest BCUT2D eigenvalue weighted by molar-refractivity contribution is 8.00. The first kappa shape index (κ1) is 11.7. The molecule has 1 unspecified atom stereocenters. The van der Waals surface area contributed by atoms with Crippen molar-refractivity contribution in [3.63, 3.8) is 0 Å². The van der Waals surface area contributed by atoms with E-state index in [-0.39, 0.29) is 0 Å². The van der Waals surface area contributed by atoms with Crippen molar-refractivity contribution in [2.75, 3.05) is 23.7 Å². The molecule has 5 heteroatoms. The second-order valence-electron chi connectivity index (χ2n) is 3.89. The van der Waals surface area contributed by atoms with Gasteiger partial charge >= 0.3 is 0 Å². The average Bonchev–Trinajstić information content (AvgIpc) is 2.29. The Labute approximate surface area is 105 Å². The van der Waals surface area contributed by atoms with Gasteiger partial charge in [0.25, 0.3) is 0 Å². The maximum absolute atomic E-state index is 5.52. The summed E-state index contributed by atoms with van der Waals surface area (Å²) in [5.74, 6) is 1.18.